The fourth-order valence-corrected chi connectivity index (χ4v) is 3.17. The summed E-state index contributed by atoms with van der Waals surface area (Å²) in [4.78, 5) is 21.7. The van der Waals surface area contributed by atoms with E-state index in [9.17, 15) is 4.79 Å². The molecule has 0 saturated carbocycles. The molecule has 1 saturated heterocycles. The molecule has 0 unspecified atom stereocenters. The van der Waals surface area contributed by atoms with Crippen LogP contribution in [0.3, 0.4) is 0 Å². The second kappa shape index (κ2) is 6.90. The van der Waals surface area contributed by atoms with Gasteiger partial charge in [-0.2, -0.15) is 5.10 Å². The molecule has 2 aromatic rings. The average Bonchev–Trinajstić information content (AvgIpc) is 3.16. The summed E-state index contributed by atoms with van der Waals surface area (Å²) in [7, 11) is 0. The number of aromatic nitrogens is 3. The summed E-state index contributed by atoms with van der Waals surface area (Å²) in [5.74, 6) is 1.59. The van der Waals surface area contributed by atoms with Gasteiger partial charge in [-0.1, -0.05) is 6.07 Å². The maximum absolute atomic E-state index is 12.1. The van der Waals surface area contributed by atoms with Crippen molar-refractivity contribution in [1.82, 2.24) is 25.0 Å². The van der Waals surface area contributed by atoms with Gasteiger partial charge in [-0.15, -0.1) is 11.3 Å². The molecule has 7 nitrogen and oxygen atoms in total. The Balaban J connectivity index is 1.50. The Labute approximate surface area is 145 Å². The van der Waals surface area contributed by atoms with Gasteiger partial charge >= 0.3 is 6.09 Å². The maximum atomic E-state index is 12.1. The van der Waals surface area contributed by atoms with Gasteiger partial charge in [-0.25, -0.2) is 9.78 Å². The van der Waals surface area contributed by atoms with Crippen molar-refractivity contribution in [3.05, 3.63) is 23.3 Å². The predicted octanol–water partition coefficient (Wildman–Crippen LogP) is 2.59. The number of hydrogen-bond acceptors (Lipinski definition) is 6. The number of carbonyl (C=O) groups excluding carboxylic acids is 1. The molecule has 1 N–H and O–H groups in total. The summed E-state index contributed by atoms with van der Waals surface area (Å²) < 4.78 is 5.42. The van der Waals surface area contributed by atoms with E-state index in [1.165, 1.54) is 0 Å². The van der Waals surface area contributed by atoms with Crippen molar-refractivity contribution in [3.63, 3.8) is 0 Å². The zero-order valence-electron chi connectivity index (χ0n) is 14.3. The minimum Gasteiger partial charge on any atom is -0.444 e. The SMILES string of the molecule is CC(C)(C)OC(=O)N1CCN(Cc2nc(-c3cccs3)n[nH]2)CC1. The smallest absolute Gasteiger partial charge is 0.410 e. The molecule has 1 fully saturated rings. The van der Waals surface area contributed by atoms with Crippen molar-refractivity contribution in [3.8, 4) is 10.7 Å². The van der Waals surface area contributed by atoms with Gasteiger partial charge in [0.05, 0.1) is 11.4 Å². The van der Waals surface area contributed by atoms with Crippen molar-refractivity contribution in [1.29, 1.82) is 0 Å². The van der Waals surface area contributed by atoms with Crippen LogP contribution in [0.2, 0.25) is 0 Å². The number of hydrogen-bond donors (Lipinski definition) is 1. The lowest BCUT2D eigenvalue weighted by atomic mass is 10.2. The Kier molecular flexibility index (Phi) is 4.86. The first-order chi connectivity index (χ1) is 11.4. The van der Waals surface area contributed by atoms with Crippen molar-refractivity contribution < 1.29 is 9.53 Å². The van der Waals surface area contributed by atoms with E-state index < -0.39 is 5.60 Å². The Hall–Kier alpha value is -1.93. The van der Waals surface area contributed by atoms with Crippen LogP contribution >= 0.6 is 11.3 Å². The van der Waals surface area contributed by atoms with Crippen LogP contribution in [-0.2, 0) is 11.3 Å². The van der Waals surface area contributed by atoms with E-state index in [4.69, 9.17) is 4.74 Å². The largest absolute Gasteiger partial charge is 0.444 e. The molecular weight excluding hydrogens is 326 g/mol. The molecule has 3 heterocycles. The number of thiophene rings is 1. The number of nitrogens with one attached hydrogen (secondary N) is 1. The second-order valence-corrected chi connectivity index (χ2v) is 7.77. The first-order valence-electron chi connectivity index (χ1n) is 8.06. The standard InChI is InChI=1S/C16H23N5O2S/c1-16(2,3)23-15(22)21-8-6-20(7-9-21)11-13-17-14(19-18-13)12-5-4-10-24-12/h4-5,10H,6-9,11H2,1-3H3,(H,17,18,19). The molecule has 1 aliphatic heterocycles. The fraction of sp³-hybridized carbons (Fsp3) is 0.562. The molecule has 2 aromatic heterocycles. The lowest BCUT2D eigenvalue weighted by Gasteiger charge is -2.35. The van der Waals surface area contributed by atoms with Crippen LogP contribution in [0.1, 0.15) is 26.6 Å². The Morgan fingerprint density at radius 3 is 2.71 bits per heavy atom. The first kappa shape index (κ1) is 16.9. The van der Waals surface area contributed by atoms with Crippen molar-refractivity contribution in [2.45, 2.75) is 32.9 Å². The van der Waals surface area contributed by atoms with Crippen molar-refractivity contribution in [2.75, 3.05) is 26.2 Å². The summed E-state index contributed by atoms with van der Waals surface area (Å²) in [6, 6.07) is 4.00. The van der Waals surface area contributed by atoms with E-state index in [0.717, 1.165) is 29.6 Å². The lowest BCUT2D eigenvalue weighted by Crippen LogP contribution is -2.49. The predicted molar refractivity (Wildman–Crippen MR) is 92.8 cm³/mol. The number of carbonyl (C=O) groups is 1. The van der Waals surface area contributed by atoms with Crippen molar-refractivity contribution >= 4 is 17.4 Å². The highest BCUT2D eigenvalue weighted by atomic mass is 32.1. The van der Waals surface area contributed by atoms with E-state index in [0.29, 0.717) is 19.6 Å². The summed E-state index contributed by atoms with van der Waals surface area (Å²) >= 11 is 1.63. The molecule has 1 amide bonds. The van der Waals surface area contributed by atoms with Crippen LogP contribution in [0.5, 0.6) is 0 Å². The van der Waals surface area contributed by atoms with E-state index >= 15 is 0 Å². The minimum absolute atomic E-state index is 0.234. The number of piperazine rings is 1. The summed E-state index contributed by atoms with van der Waals surface area (Å²) in [6.45, 7) is 9.30. The Morgan fingerprint density at radius 2 is 2.08 bits per heavy atom. The van der Waals surface area contributed by atoms with E-state index in [1.807, 2.05) is 38.3 Å². The van der Waals surface area contributed by atoms with Gasteiger partial charge in [-0.05, 0) is 32.2 Å². The average molecular weight is 349 g/mol. The van der Waals surface area contributed by atoms with Crippen LogP contribution in [0.4, 0.5) is 4.79 Å². The lowest BCUT2D eigenvalue weighted by molar-refractivity contribution is 0.0137. The van der Waals surface area contributed by atoms with Gasteiger partial charge in [0.1, 0.15) is 11.4 Å². The highest BCUT2D eigenvalue weighted by molar-refractivity contribution is 7.13. The van der Waals surface area contributed by atoms with Gasteiger partial charge in [0.2, 0.25) is 0 Å². The first-order valence-corrected chi connectivity index (χ1v) is 8.94. The Bertz CT molecular complexity index is 669. The van der Waals surface area contributed by atoms with Gasteiger partial charge in [0.25, 0.3) is 0 Å². The van der Waals surface area contributed by atoms with Crippen LogP contribution in [-0.4, -0.2) is 62.9 Å². The Morgan fingerprint density at radius 1 is 1.33 bits per heavy atom. The van der Waals surface area contributed by atoms with Crippen LogP contribution in [0, 0.1) is 0 Å². The summed E-state index contributed by atoms with van der Waals surface area (Å²) in [5.41, 5.74) is -0.452. The third-order valence-corrected chi connectivity index (χ3v) is 4.54. The molecule has 130 valence electrons. The van der Waals surface area contributed by atoms with E-state index in [2.05, 4.69) is 20.1 Å². The number of H-pyrrole nitrogens is 1. The maximum Gasteiger partial charge on any atom is 0.410 e. The number of nitrogens with zero attached hydrogens (tertiary/aromatic N) is 4. The summed E-state index contributed by atoms with van der Waals surface area (Å²) in [5, 5.41) is 9.29. The molecule has 0 spiro atoms. The normalized spacial score (nSPS) is 16.4. The second-order valence-electron chi connectivity index (χ2n) is 6.83. The molecule has 8 heteroatoms. The number of ether oxygens (including phenoxy) is 1. The molecule has 0 bridgehead atoms. The van der Waals surface area contributed by atoms with E-state index in [-0.39, 0.29) is 6.09 Å². The van der Waals surface area contributed by atoms with E-state index in [1.54, 1.807) is 16.2 Å². The third-order valence-electron chi connectivity index (χ3n) is 3.67. The quantitative estimate of drug-likeness (QED) is 0.922. The molecule has 0 radical (unpaired) electrons. The molecule has 3 rings (SSSR count). The van der Waals surface area contributed by atoms with Gasteiger partial charge < -0.3 is 9.64 Å². The van der Waals surface area contributed by atoms with Crippen LogP contribution in [0.15, 0.2) is 17.5 Å². The topological polar surface area (TPSA) is 74.3 Å². The van der Waals surface area contributed by atoms with Gasteiger partial charge in [0, 0.05) is 26.2 Å². The molecule has 0 aromatic carbocycles. The zero-order chi connectivity index (χ0) is 17.2. The minimum atomic E-state index is -0.452. The van der Waals surface area contributed by atoms with Gasteiger partial charge in [0.15, 0.2) is 5.82 Å². The molecule has 0 aliphatic carbocycles. The summed E-state index contributed by atoms with van der Waals surface area (Å²) in [6.07, 6.45) is -0.234. The van der Waals surface area contributed by atoms with Gasteiger partial charge in [-0.3, -0.25) is 10.00 Å². The highest BCUT2D eigenvalue weighted by Crippen LogP contribution is 2.20. The number of amides is 1. The molecule has 24 heavy (non-hydrogen) atoms. The molecular formula is C16H23N5O2S. The number of rotatable bonds is 3. The van der Waals surface area contributed by atoms with Crippen LogP contribution in [0.25, 0.3) is 10.7 Å². The zero-order valence-corrected chi connectivity index (χ0v) is 15.1. The van der Waals surface area contributed by atoms with Crippen LogP contribution < -0.4 is 0 Å². The molecule has 0 atom stereocenters. The monoisotopic (exact) mass is 349 g/mol. The number of aromatic amines is 1. The highest BCUT2D eigenvalue weighted by Gasteiger charge is 2.26. The third kappa shape index (κ3) is 4.33. The van der Waals surface area contributed by atoms with Crippen molar-refractivity contribution in [2.24, 2.45) is 0 Å². The molecule has 1 aliphatic rings. The fourth-order valence-electron chi connectivity index (χ4n) is 2.51.